The van der Waals surface area contributed by atoms with Crippen LogP contribution in [0.3, 0.4) is 0 Å². The van der Waals surface area contributed by atoms with E-state index >= 15 is 0 Å². The number of nitrogens with two attached hydrogens (primary N) is 1. The molecule has 0 amide bonds. The second kappa shape index (κ2) is 3.84. The molecule has 92 valence electrons. The van der Waals surface area contributed by atoms with Crippen molar-refractivity contribution in [2.45, 2.75) is 45.1 Å². The van der Waals surface area contributed by atoms with E-state index in [0.717, 1.165) is 24.0 Å². The van der Waals surface area contributed by atoms with E-state index in [1.807, 2.05) is 13.8 Å². The number of benzene rings is 1. The van der Waals surface area contributed by atoms with Gasteiger partial charge in [0.15, 0.2) is 0 Å². The zero-order valence-electron chi connectivity index (χ0n) is 10.6. The van der Waals surface area contributed by atoms with Gasteiger partial charge in [0.25, 0.3) is 0 Å². The summed E-state index contributed by atoms with van der Waals surface area (Å²) in [5.41, 5.74) is 9.80. The zero-order chi connectivity index (χ0) is 12.8. The molecule has 1 fully saturated rings. The van der Waals surface area contributed by atoms with Gasteiger partial charge in [-0.25, -0.2) is 4.79 Å². The third kappa shape index (κ3) is 1.84. The van der Waals surface area contributed by atoms with Gasteiger partial charge in [0.05, 0.1) is 5.56 Å². The van der Waals surface area contributed by atoms with Crippen molar-refractivity contribution in [3.8, 4) is 0 Å². The van der Waals surface area contributed by atoms with Gasteiger partial charge in [-0.05, 0) is 62.4 Å². The lowest BCUT2D eigenvalue weighted by Gasteiger charge is -2.23. The highest BCUT2D eigenvalue weighted by Crippen LogP contribution is 2.51. The average Bonchev–Trinajstić information content (AvgIpc) is 3.02. The number of carboxylic acid groups (broad SMARTS) is 1. The molecular formula is C14H19NO2. The summed E-state index contributed by atoms with van der Waals surface area (Å²) >= 11 is 0. The molecule has 3 heteroatoms. The predicted molar refractivity (Wildman–Crippen MR) is 67.4 cm³/mol. The molecule has 1 aliphatic carbocycles. The van der Waals surface area contributed by atoms with Crippen molar-refractivity contribution >= 4 is 5.97 Å². The molecule has 1 aliphatic rings. The lowest BCUT2D eigenvalue weighted by molar-refractivity contribution is 0.0696. The van der Waals surface area contributed by atoms with Crippen LogP contribution >= 0.6 is 0 Å². The Bertz CT molecular complexity index is 473. The van der Waals surface area contributed by atoms with Gasteiger partial charge in [-0.15, -0.1) is 0 Å². The summed E-state index contributed by atoms with van der Waals surface area (Å²) in [4.78, 5) is 11.1. The molecule has 3 N–H and O–H groups in total. The fraction of sp³-hybridized carbons (Fsp3) is 0.500. The van der Waals surface area contributed by atoms with Crippen LogP contribution in [0.25, 0.3) is 0 Å². The third-order valence-corrected chi connectivity index (χ3v) is 4.11. The first-order valence-corrected chi connectivity index (χ1v) is 5.99. The van der Waals surface area contributed by atoms with Gasteiger partial charge in [-0.1, -0.05) is 0 Å². The normalized spacial score (nSPS) is 18.8. The van der Waals surface area contributed by atoms with Gasteiger partial charge in [-0.2, -0.15) is 0 Å². The fourth-order valence-electron chi connectivity index (χ4n) is 2.60. The Morgan fingerprint density at radius 2 is 2.00 bits per heavy atom. The van der Waals surface area contributed by atoms with Crippen LogP contribution in [-0.2, 0) is 5.41 Å². The molecular weight excluding hydrogens is 214 g/mol. The summed E-state index contributed by atoms with van der Waals surface area (Å²) in [5.74, 6) is -0.866. The lowest BCUT2D eigenvalue weighted by atomic mass is 9.84. The minimum absolute atomic E-state index is 0.0142. The number of carbonyl (C=O) groups is 1. The molecule has 0 saturated heterocycles. The first kappa shape index (κ1) is 12.1. The van der Waals surface area contributed by atoms with E-state index in [9.17, 15) is 4.79 Å². The summed E-state index contributed by atoms with van der Waals surface area (Å²) in [7, 11) is 0. The monoisotopic (exact) mass is 233 g/mol. The Hall–Kier alpha value is -1.35. The molecule has 1 aromatic carbocycles. The van der Waals surface area contributed by atoms with E-state index in [0.29, 0.717) is 5.56 Å². The van der Waals surface area contributed by atoms with Crippen LogP contribution in [0.15, 0.2) is 12.1 Å². The van der Waals surface area contributed by atoms with Crippen LogP contribution in [-0.4, -0.2) is 17.1 Å². The van der Waals surface area contributed by atoms with Gasteiger partial charge in [0.1, 0.15) is 0 Å². The SMILES string of the molecule is Cc1cc(C(=O)O)cc(C2(C(C)N)CC2)c1C. The first-order chi connectivity index (χ1) is 7.88. The second-order valence-electron chi connectivity index (χ2n) is 5.22. The van der Waals surface area contributed by atoms with Crippen LogP contribution < -0.4 is 5.73 Å². The number of aryl methyl sites for hydroxylation is 1. The van der Waals surface area contributed by atoms with E-state index in [1.54, 1.807) is 12.1 Å². The van der Waals surface area contributed by atoms with Gasteiger partial charge < -0.3 is 10.8 Å². The number of hydrogen-bond acceptors (Lipinski definition) is 2. The van der Waals surface area contributed by atoms with Crippen LogP contribution in [0.4, 0.5) is 0 Å². The molecule has 1 unspecified atom stereocenters. The van der Waals surface area contributed by atoms with Crippen LogP contribution in [0, 0.1) is 13.8 Å². The molecule has 0 aromatic heterocycles. The number of aromatic carboxylic acids is 1. The summed E-state index contributed by atoms with van der Waals surface area (Å²) in [5, 5.41) is 9.12. The lowest BCUT2D eigenvalue weighted by Crippen LogP contribution is -2.32. The highest BCUT2D eigenvalue weighted by molar-refractivity contribution is 5.88. The Morgan fingerprint density at radius 3 is 2.41 bits per heavy atom. The Kier molecular flexibility index (Phi) is 2.74. The fourth-order valence-corrected chi connectivity index (χ4v) is 2.60. The van der Waals surface area contributed by atoms with Gasteiger partial charge in [-0.3, -0.25) is 0 Å². The topological polar surface area (TPSA) is 63.3 Å². The maximum atomic E-state index is 11.1. The van der Waals surface area contributed by atoms with Crippen molar-refractivity contribution in [3.05, 3.63) is 34.4 Å². The van der Waals surface area contributed by atoms with E-state index in [2.05, 4.69) is 6.92 Å². The molecule has 2 rings (SSSR count). The number of rotatable bonds is 3. The smallest absolute Gasteiger partial charge is 0.335 e. The average molecular weight is 233 g/mol. The van der Waals surface area contributed by atoms with Crippen molar-refractivity contribution in [2.24, 2.45) is 5.73 Å². The van der Waals surface area contributed by atoms with Gasteiger partial charge in [0.2, 0.25) is 0 Å². The summed E-state index contributed by atoms with van der Waals surface area (Å²) in [6, 6.07) is 3.61. The Morgan fingerprint density at radius 1 is 1.41 bits per heavy atom. The largest absolute Gasteiger partial charge is 0.478 e. The van der Waals surface area contributed by atoms with E-state index in [1.165, 1.54) is 5.56 Å². The summed E-state index contributed by atoms with van der Waals surface area (Å²) in [6.45, 7) is 6.02. The van der Waals surface area contributed by atoms with E-state index in [-0.39, 0.29) is 11.5 Å². The van der Waals surface area contributed by atoms with Crippen molar-refractivity contribution in [1.29, 1.82) is 0 Å². The zero-order valence-corrected chi connectivity index (χ0v) is 10.6. The molecule has 0 bridgehead atoms. The molecule has 17 heavy (non-hydrogen) atoms. The van der Waals surface area contributed by atoms with Crippen LogP contribution in [0.2, 0.25) is 0 Å². The molecule has 1 saturated carbocycles. The molecule has 0 spiro atoms. The van der Waals surface area contributed by atoms with Gasteiger partial charge in [0, 0.05) is 11.5 Å². The summed E-state index contributed by atoms with van der Waals surface area (Å²) in [6.07, 6.45) is 2.13. The predicted octanol–water partition coefficient (Wildman–Crippen LogP) is 2.38. The number of hydrogen-bond donors (Lipinski definition) is 2. The minimum atomic E-state index is -0.866. The maximum Gasteiger partial charge on any atom is 0.335 e. The quantitative estimate of drug-likeness (QED) is 0.842. The molecule has 0 heterocycles. The minimum Gasteiger partial charge on any atom is -0.478 e. The second-order valence-corrected chi connectivity index (χ2v) is 5.22. The van der Waals surface area contributed by atoms with Crippen molar-refractivity contribution < 1.29 is 9.90 Å². The molecule has 3 nitrogen and oxygen atoms in total. The Labute approximate surface area is 102 Å². The standard InChI is InChI=1S/C14H19NO2/c1-8-6-11(13(16)17)7-12(9(8)2)14(4-5-14)10(3)15/h6-7,10H,4-5,15H2,1-3H3,(H,16,17). The molecule has 1 aromatic rings. The summed E-state index contributed by atoms with van der Waals surface area (Å²) < 4.78 is 0. The van der Waals surface area contributed by atoms with Crippen LogP contribution in [0.1, 0.15) is 46.8 Å². The number of carboxylic acids is 1. The first-order valence-electron chi connectivity index (χ1n) is 5.99. The maximum absolute atomic E-state index is 11.1. The van der Waals surface area contributed by atoms with Gasteiger partial charge >= 0.3 is 5.97 Å². The molecule has 1 atom stereocenters. The molecule has 0 radical (unpaired) electrons. The third-order valence-electron chi connectivity index (χ3n) is 4.11. The van der Waals surface area contributed by atoms with Crippen molar-refractivity contribution in [3.63, 3.8) is 0 Å². The molecule has 0 aliphatic heterocycles. The van der Waals surface area contributed by atoms with Crippen LogP contribution in [0.5, 0.6) is 0 Å². The Balaban J connectivity index is 2.57. The van der Waals surface area contributed by atoms with E-state index < -0.39 is 5.97 Å². The highest BCUT2D eigenvalue weighted by Gasteiger charge is 2.48. The van der Waals surface area contributed by atoms with Crippen molar-refractivity contribution in [1.82, 2.24) is 0 Å². The highest BCUT2D eigenvalue weighted by atomic mass is 16.4. The van der Waals surface area contributed by atoms with E-state index in [4.69, 9.17) is 10.8 Å². The van der Waals surface area contributed by atoms with Crippen molar-refractivity contribution in [2.75, 3.05) is 0 Å².